The Balaban J connectivity index is 2.96. The Morgan fingerprint density at radius 2 is 2.06 bits per heavy atom. The van der Waals surface area contributed by atoms with Gasteiger partial charge >= 0.3 is 0 Å². The SMILES string of the molecule is CCN(C(=O)C(C#N)C(C)C)c1ccncc1. The van der Waals surface area contributed by atoms with Gasteiger partial charge in [0, 0.05) is 24.6 Å². The molecule has 0 spiro atoms. The monoisotopic (exact) mass is 231 g/mol. The van der Waals surface area contributed by atoms with E-state index in [0.29, 0.717) is 6.54 Å². The van der Waals surface area contributed by atoms with E-state index >= 15 is 0 Å². The van der Waals surface area contributed by atoms with Gasteiger partial charge in [-0.15, -0.1) is 0 Å². The molecule has 0 N–H and O–H groups in total. The van der Waals surface area contributed by atoms with Crippen molar-refractivity contribution in [1.29, 1.82) is 5.26 Å². The molecule has 0 saturated heterocycles. The van der Waals surface area contributed by atoms with Gasteiger partial charge in [0.2, 0.25) is 5.91 Å². The zero-order valence-electron chi connectivity index (χ0n) is 10.4. The Kier molecular flexibility index (Phi) is 4.65. The predicted octanol–water partition coefficient (Wildman–Crippen LogP) is 2.23. The number of aromatic nitrogens is 1. The number of hydrogen-bond acceptors (Lipinski definition) is 3. The molecule has 0 bridgehead atoms. The molecule has 1 unspecified atom stereocenters. The Bertz CT molecular complexity index is 408. The molecular weight excluding hydrogens is 214 g/mol. The van der Waals surface area contributed by atoms with Crippen molar-refractivity contribution < 1.29 is 4.79 Å². The zero-order chi connectivity index (χ0) is 12.8. The van der Waals surface area contributed by atoms with Crippen LogP contribution in [0, 0.1) is 23.2 Å². The second-order valence-corrected chi connectivity index (χ2v) is 4.14. The van der Waals surface area contributed by atoms with Crippen molar-refractivity contribution in [2.75, 3.05) is 11.4 Å². The normalized spacial score (nSPS) is 11.9. The lowest BCUT2D eigenvalue weighted by atomic mass is 9.96. The molecule has 1 aromatic heterocycles. The molecule has 4 nitrogen and oxygen atoms in total. The molecule has 4 heteroatoms. The van der Waals surface area contributed by atoms with Crippen molar-refractivity contribution in [2.45, 2.75) is 20.8 Å². The summed E-state index contributed by atoms with van der Waals surface area (Å²) in [4.78, 5) is 17.8. The third-order valence-electron chi connectivity index (χ3n) is 2.63. The highest BCUT2D eigenvalue weighted by Crippen LogP contribution is 2.19. The summed E-state index contributed by atoms with van der Waals surface area (Å²) >= 11 is 0. The maximum absolute atomic E-state index is 12.2. The first-order valence-electron chi connectivity index (χ1n) is 5.72. The van der Waals surface area contributed by atoms with Gasteiger partial charge in [-0.3, -0.25) is 9.78 Å². The minimum atomic E-state index is -0.594. The molecule has 0 aliphatic rings. The molecule has 0 saturated carbocycles. The van der Waals surface area contributed by atoms with Crippen molar-refractivity contribution in [3.63, 3.8) is 0 Å². The number of pyridine rings is 1. The molecule has 1 rings (SSSR count). The summed E-state index contributed by atoms with van der Waals surface area (Å²) in [5.41, 5.74) is 0.786. The van der Waals surface area contributed by atoms with Crippen LogP contribution in [-0.4, -0.2) is 17.4 Å². The van der Waals surface area contributed by atoms with E-state index in [9.17, 15) is 4.79 Å². The van der Waals surface area contributed by atoms with Gasteiger partial charge in [-0.1, -0.05) is 13.8 Å². The number of anilines is 1. The lowest BCUT2D eigenvalue weighted by molar-refractivity contribution is -0.121. The lowest BCUT2D eigenvalue weighted by Gasteiger charge is -2.24. The number of carbonyl (C=O) groups excluding carboxylic acids is 1. The highest BCUT2D eigenvalue weighted by atomic mass is 16.2. The number of amides is 1. The van der Waals surface area contributed by atoms with E-state index in [1.807, 2.05) is 20.8 Å². The molecule has 0 aliphatic heterocycles. The van der Waals surface area contributed by atoms with E-state index in [1.165, 1.54) is 0 Å². The highest BCUT2D eigenvalue weighted by Gasteiger charge is 2.26. The fourth-order valence-corrected chi connectivity index (χ4v) is 1.65. The first kappa shape index (κ1) is 13.2. The van der Waals surface area contributed by atoms with Gasteiger partial charge in [0.1, 0.15) is 5.92 Å². The lowest BCUT2D eigenvalue weighted by Crippen LogP contribution is -2.37. The van der Waals surface area contributed by atoms with Crippen LogP contribution in [0.3, 0.4) is 0 Å². The highest BCUT2D eigenvalue weighted by molar-refractivity contribution is 5.96. The van der Waals surface area contributed by atoms with Crippen molar-refractivity contribution in [3.05, 3.63) is 24.5 Å². The van der Waals surface area contributed by atoms with E-state index in [2.05, 4.69) is 11.1 Å². The minimum Gasteiger partial charge on any atom is -0.311 e. The molecule has 0 fully saturated rings. The summed E-state index contributed by atoms with van der Waals surface area (Å²) in [6, 6.07) is 5.63. The fourth-order valence-electron chi connectivity index (χ4n) is 1.65. The van der Waals surface area contributed by atoms with Crippen LogP contribution in [0.4, 0.5) is 5.69 Å². The van der Waals surface area contributed by atoms with Gasteiger partial charge in [-0.2, -0.15) is 5.26 Å². The van der Waals surface area contributed by atoms with E-state index in [1.54, 1.807) is 29.4 Å². The standard InChI is InChI=1S/C13H17N3O/c1-4-16(11-5-7-15-8-6-11)13(17)12(9-14)10(2)3/h5-8,10,12H,4H2,1-3H3. The maximum atomic E-state index is 12.2. The zero-order valence-corrected chi connectivity index (χ0v) is 10.4. The van der Waals surface area contributed by atoms with Crippen LogP contribution in [0.2, 0.25) is 0 Å². The number of rotatable bonds is 4. The molecule has 90 valence electrons. The van der Waals surface area contributed by atoms with E-state index in [4.69, 9.17) is 5.26 Å². The van der Waals surface area contributed by atoms with Gasteiger partial charge < -0.3 is 4.90 Å². The van der Waals surface area contributed by atoms with Crippen LogP contribution < -0.4 is 4.90 Å². The van der Waals surface area contributed by atoms with Gasteiger partial charge in [0.25, 0.3) is 0 Å². The van der Waals surface area contributed by atoms with E-state index in [-0.39, 0.29) is 11.8 Å². The second-order valence-electron chi connectivity index (χ2n) is 4.14. The van der Waals surface area contributed by atoms with Crippen molar-refractivity contribution in [2.24, 2.45) is 11.8 Å². The van der Waals surface area contributed by atoms with Crippen LogP contribution in [0.5, 0.6) is 0 Å². The summed E-state index contributed by atoms with van der Waals surface area (Å²) in [6.07, 6.45) is 3.28. The number of nitriles is 1. The third kappa shape index (κ3) is 3.04. The van der Waals surface area contributed by atoms with Crippen molar-refractivity contribution in [3.8, 4) is 6.07 Å². The van der Waals surface area contributed by atoms with E-state index in [0.717, 1.165) is 5.69 Å². The first-order chi connectivity index (χ1) is 8.11. The summed E-state index contributed by atoms with van der Waals surface area (Å²) < 4.78 is 0. The Hall–Kier alpha value is -1.89. The molecule has 1 heterocycles. The molecular formula is C13H17N3O. The molecule has 0 radical (unpaired) electrons. The Morgan fingerprint density at radius 3 is 2.47 bits per heavy atom. The average molecular weight is 231 g/mol. The fraction of sp³-hybridized carbons (Fsp3) is 0.462. The number of carbonyl (C=O) groups is 1. The number of hydrogen-bond donors (Lipinski definition) is 0. The second kappa shape index (κ2) is 6.00. The van der Waals surface area contributed by atoms with Gasteiger partial charge in [0.05, 0.1) is 6.07 Å². The Morgan fingerprint density at radius 1 is 1.47 bits per heavy atom. The molecule has 1 aromatic rings. The summed E-state index contributed by atoms with van der Waals surface area (Å²) in [5, 5.41) is 9.05. The van der Waals surface area contributed by atoms with Gasteiger partial charge in [-0.05, 0) is 25.0 Å². The average Bonchev–Trinajstić information content (AvgIpc) is 2.31. The van der Waals surface area contributed by atoms with E-state index < -0.39 is 5.92 Å². The molecule has 0 aliphatic carbocycles. The third-order valence-corrected chi connectivity index (χ3v) is 2.63. The largest absolute Gasteiger partial charge is 0.311 e. The first-order valence-corrected chi connectivity index (χ1v) is 5.72. The predicted molar refractivity (Wildman–Crippen MR) is 66.2 cm³/mol. The minimum absolute atomic E-state index is 0.0170. The van der Waals surface area contributed by atoms with Gasteiger partial charge in [0.15, 0.2) is 0 Å². The maximum Gasteiger partial charge on any atom is 0.244 e. The molecule has 0 aromatic carbocycles. The van der Waals surface area contributed by atoms with Crippen molar-refractivity contribution >= 4 is 11.6 Å². The molecule has 17 heavy (non-hydrogen) atoms. The van der Waals surface area contributed by atoms with Crippen LogP contribution in [0.15, 0.2) is 24.5 Å². The number of nitrogens with zero attached hydrogens (tertiary/aromatic N) is 3. The Labute approximate surface area is 102 Å². The van der Waals surface area contributed by atoms with Gasteiger partial charge in [-0.25, -0.2) is 0 Å². The summed E-state index contributed by atoms with van der Waals surface area (Å²) in [7, 11) is 0. The van der Waals surface area contributed by atoms with Crippen LogP contribution in [0.1, 0.15) is 20.8 Å². The summed E-state index contributed by atoms with van der Waals surface area (Å²) in [5.74, 6) is -0.720. The van der Waals surface area contributed by atoms with Crippen molar-refractivity contribution in [1.82, 2.24) is 4.98 Å². The quantitative estimate of drug-likeness (QED) is 0.798. The summed E-state index contributed by atoms with van der Waals surface area (Å²) in [6.45, 7) is 6.21. The van der Waals surface area contributed by atoms with Crippen LogP contribution >= 0.6 is 0 Å². The van der Waals surface area contributed by atoms with Crippen LogP contribution in [0.25, 0.3) is 0 Å². The smallest absolute Gasteiger partial charge is 0.244 e. The molecule has 1 atom stereocenters. The molecule has 1 amide bonds. The van der Waals surface area contributed by atoms with Crippen LogP contribution in [-0.2, 0) is 4.79 Å². The topological polar surface area (TPSA) is 57.0 Å².